The van der Waals surface area contributed by atoms with Crippen molar-refractivity contribution in [3.63, 3.8) is 0 Å². The summed E-state index contributed by atoms with van der Waals surface area (Å²) in [5.74, 6) is 0.953. The summed E-state index contributed by atoms with van der Waals surface area (Å²) in [6.07, 6.45) is 5.70. The van der Waals surface area contributed by atoms with Gasteiger partial charge in [0.15, 0.2) is 0 Å². The number of aryl methyl sites for hydroxylation is 1. The molecule has 2 atom stereocenters. The van der Waals surface area contributed by atoms with Crippen molar-refractivity contribution in [1.29, 1.82) is 0 Å². The Morgan fingerprint density at radius 1 is 1.02 bits per heavy atom. The first-order valence-corrected chi connectivity index (χ1v) is 14.7. The van der Waals surface area contributed by atoms with Crippen molar-refractivity contribution in [3.8, 4) is 5.75 Å². The Bertz CT molecular complexity index is 1420. The van der Waals surface area contributed by atoms with Gasteiger partial charge >= 0.3 is 0 Å². The van der Waals surface area contributed by atoms with Gasteiger partial charge in [-0.1, -0.05) is 43.3 Å². The molecule has 2 heterocycles. The van der Waals surface area contributed by atoms with Crippen LogP contribution in [0.1, 0.15) is 64.8 Å². The number of anilines is 1. The number of nitrogens with one attached hydrogen (secondary N) is 2. The fourth-order valence-electron chi connectivity index (χ4n) is 7.02. The summed E-state index contributed by atoms with van der Waals surface area (Å²) in [5, 5.41) is 16.8. The SMILES string of the molecule is CCC(=O)N1CCC(NC(=O)C2Cc3c(C)cc(O)cc3CCN2)c2cc(CC3Cc4ccccc4C3)ccc21. The number of carbonyl (C=O) groups excluding carboxylic acids is 2. The predicted molar refractivity (Wildman–Crippen MR) is 158 cm³/mol. The molecule has 0 spiro atoms. The van der Waals surface area contributed by atoms with Gasteiger partial charge in [0.25, 0.3) is 0 Å². The standard InChI is InChI=1S/C34H39N3O3/c1-3-33(39)37-13-11-30(36-34(40)31-20-28-21(2)14-27(38)19-26(28)10-12-35-31)29-18-22(8-9-32(29)37)15-23-16-24-6-4-5-7-25(24)17-23/h4-9,14,18-19,23,30-31,35,38H,3,10-13,15-17,20H2,1-2H3,(H,36,40). The van der Waals surface area contributed by atoms with Gasteiger partial charge in [0.1, 0.15) is 5.75 Å². The number of nitrogens with zero attached hydrogens (tertiary/aromatic N) is 1. The molecule has 2 aliphatic heterocycles. The molecule has 0 fully saturated rings. The first-order chi connectivity index (χ1) is 19.4. The number of carbonyl (C=O) groups is 2. The van der Waals surface area contributed by atoms with E-state index in [2.05, 4.69) is 53.1 Å². The molecule has 0 radical (unpaired) electrons. The number of hydrogen-bond acceptors (Lipinski definition) is 4. The van der Waals surface area contributed by atoms with Crippen molar-refractivity contribution < 1.29 is 14.7 Å². The minimum atomic E-state index is -0.344. The van der Waals surface area contributed by atoms with E-state index in [1.807, 2.05) is 24.8 Å². The van der Waals surface area contributed by atoms with Crippen LogP contribution in [0, 0.1) is 12.8 Å². The van der Waals surface area contributed by atoms with E-state index in [9.17, 15) is 14.7 Å². The van der Waals surface area contributed by atoms with Crippen LogP contribution in [0.15, 0.2) is 54.6 Å². The maximum Gasteiger partial charge on any atom is 0.237 e. The van der Waals surface area contributed by atoms with E-state index in [1.54, 1.807) is 6.07 Å². The van der Waals surface area contributed by atoms with E-state index in [4.69, 9.17) is 0 Å². The summed E-state index contributed by atoms with van der Waals surface area (Å²) < 4.78 is 0. The molecule has 0 saturated carbocycles. The molecular formula is C34H39N3O3. The van der Waals surface area contributed by atoms with Crippen LogP contribution in [0.2, 0.25) is 0 Å². The Hall–Kier alpha value is -3.64. The van der Waals surface area contributed by atoms with Gasteiger partial charge in [-0.2, -0.15) is 0 Å². The summed E-state index contributed by atoms with van der Waals surface area (Å²) in [6, 6.07) is 18.3. The molecule has 2 unspecified atom stereocenters. The summed E-state index contributed by atoms with van der Waals surface area (Å²) in [5.41, 5.74) is 9.42. The Balaban J connectivity index is 1.23. The third-order valence-corrected chi connectivity index (χ3v) is 9.04. The molecule has 40 heavy (non-hydrogen) atoms. The van der Waals surface area contributed by atoms with E-state index >= 15 is 0 Å². The highest BCUT2D eigenvalue weighted by Gasteiger charge is 2.32. The van der Waals surface area contributed by atoms with E-state index in [-0.39, 0.29) is 29.6 Å². The zero-order valence-corrected chi connectivity index (χ0v) is 23.5. The monoisotopic (exact) mass is 537 g/mol. The van der Waals surface area contributed by atoms with Crippen molar-refractivity contribution in [2.75, 3.05) is 18.0 Å². The first-order valence-electron chi connectivity index (χ1n) is 14.7. The van der Waals surface area contributed by atoms with Crippen LogP contribution in [0.4, 0.5) is 5.69 Å². The van der Waals surface area contributed by atoms with E-state index < -0.39 is 0 Å². The zero-order chi connectivity index (χ0) is 27.8. The fourth-order valence-corrected chi connectivity index (χ4v) is 7.02. The molecule has 0 saturated heterocycles. The number of amides is 2. The lowest BCUT2D eigenvalue weighted by Crippen LogP contribution is -2.48. The third kappa shape index (κ3) is 5.25. The largest absolute Gasteiger partial charge is 0.508 e. The number of rotatable bonds is 5. The summed E-state index contributed by atoms with van der Waals surface area (Å²) in [7, 11) is 0. The Labute approximate surface area is 236 Å². The van der Waals surface area contributed by atoms with Gasteiger partial charge < -0.3 is 20.6 Å². The van der Waals surface area contributed by atoms with Crippen molar-refractivity contribution in [2.45, 2.75) is 70.9 Å². The van der Waals surface area contributed by atoms with Crippen LogP contribution < -0.4 is 15.5 Å². The molecule has 6 rings (SSSR count). The quantitative estimate of drug-likeness (QED) is 0.440. The molecule has 3 aliphatic rings. The average molecular weight is 538 g/mol. The topological polar surface area (TPSA) is 81.7 Å². The summed E-state index contributed by atoms with van der Waals surface area (Å²) >= 11 is 0. The van der Waals surface area contributed by atoms with Crippen molar-refractivity contribution in [3.05, 3.63) is 93.5 Å². The van der Waals surface area contributed by atoms with E-state index in [0.29, 0.717) is 38.3 Å². The second-order valence-corrected chi connectivity index (χ2v) is 11.8. The van der Waals surface area contributed by atoms with Crippen LogP contribution in [-0.2, 0) is 41.7 Å². The molecule has 3 aromatic carbocycles. The molecule has 208 valence electrons. The van der Waals surface area contributed by atoms with Gasteiger partial charge in [-0.3, -0.25) is 9.59 Å². The Kier molecular flexibility index (Phi) is 7.37. The van der Waals surface area contributed by atoms with Gasteiger partial charge in [0, 0.05) is 18.7 Å². The smallest absolute Gasteiger partial charge is 0.237 e. The minimum Gasteiger partial charge on any atom is -0.508 e. The third-order valence-electron chi connectivity index (χ3n) is 9.04. The van der Waals surface area contributed by atoms with Crippen LogP contribution in [-0.4, -0.2) is 36.1 Å². The van der Waals surface area contributed by atoms with E-state index in [0.717, 1.165) is 53.6 Å². The lowest BCUT2D eigenvalue weighted by molar-refractivity contribution is -0.123. The van der Waals surface area contributed by atoms with Gasteiger partial charge in [0.2, 0.25) is 11.8 Å². The van der Waals surface area contributed by atoms with Gasteiger partial charge in [-0.25, -0.2) is 0 Å². The summed E-state index contributed by atoms with van der Waals surface area (Å²) in [6.45, 7) is 5.18. The Morgan fingerprint density at radius 3 is 2.55 bits per heavy atom. The molecule has 3 N–H and O–H groups in total. The number of phenols is 1. The molecule has 0 aromatic heterocycles. The zero-order valence-electron chi connectivity index (χ0n) is 23.5. The number of phenolic OH excluding ortho intramolecular Hbond substituents is 1. The molecule has 0 bridgehead atoms. The predicted octanol–water partition coefficient (Wildman–Crippen LogP) is 4.72. The van der Waals surface area contributed by atoms with E-state index in [1.165, 1.54) is 16.7 Å². The van der Waals surface area contributed by atoms with Gasteiger partial charge in [0.05, 0.1) is 12.1 Å². The maximum atomic E-state index is 13.7. The van der Waals surface area contributed by atoms with Crippen molar-refractivity contribution >= 4 is 17.5 Å². The van der Waals surface area contributed by atoms with Crippen LogP contribution in [0.25, 0.3) is 0 Å². The van der Waals surface area contributed by atoms with Crippen molar-refractivity contribution in [1.82, 2.24) is 10.6 Å². The van der Waals surface area contributed by atoms with Gasteiger partial charge in [-0.15, -0.1) is 0 Å². The lowest BCUT2D eigenvalue weighted by atomic mass is 9.90. The average Bonchev–Trinajstić information content (AvgIpc) is 3.22. The molecule has 2 amide bonds. The van der Waals surface area contributed by atoms with Crippen molar-refractivity contribution in [2.24, 2.45) is 5.92 Å². The van der Waals surface area contributed by atoms with Crippen LogP contribution >= 0.6 is 0 Å². The highest BCUT2D eigenvalue weighted by Crippen LogP contribution is 2.37. The number of fused-ring (bicyclic) bond motifs is 3. The molecule has 6 nitrogen and oxygen atoms in total. The highest BCUT2D eigenvalue weighted by molar-refractivity contribution is 5.95. The number of aromatic hydroxyl groups is 1. The highest BCUT2D eigenvalue weighted by atomic mass is 16.3. The summed E-state index contributed by atoms with van der Waals surface area (Å²) in [4.78, 5) is 28.4. The molecule has 6 heteroatoms. The van der Waals surface area contributed by atoms with Crippen LogP contribution in [0.3, 0.4) is 0 Å². The maximum absolute atomic E-state index is 13.7. The molecular weight excluding hydrogens is 498 g/mol. The normalized spacial score (nSPS) is 20.3. The van der Waals surface area contributed by atoms with Gasteiger partial charge in [-0.05, 0) is 115 Å². The Morgan fingerprint density at radius 2 is 1.80 bits per heavy atom. The molecule has 3 aromatic rings. The second kappa shape index (κ2) is 11.1. The second-order valence-electron chi connectivity index (χ2n) is 11.8. The first kappa shape index (κ1) is 26.6. The number of benzene rings is 3. The fraction of sp³-hybridized carbons (Fsp3) is 0.412. The molecule has 1 aliphatic carbocycles. The lowest BCUT2D eigenvalue weighted by Gasteiger charge is -2.36. The van der Waals surface area contributed by atoms with Crippen LogP contribution in [0.5, 0.6) is 5.75 Å². The minimum absolute atomic E-state index is 0.0109. The number of hydrogen-bond donors (Lipinski definition) is 3.